The van der Waals surface area contributed by atoms with Crippen LogP contribution in [0.1, 0.15) is 0 Å². The van der Waals surface area contributed by atoms with Crippen LogP contribution < -0.4 is 9.61 Å². The fourth-order valence-electron chi connectivity index (χ4n) is 1.33. The Balaban J connectivity index is 2.21. The minimum absolute atomic E-state index is 0.782. The monoisotopic (exact) mass is 312 g/mol. The van der Waals surface area contributed by atoms with Gasteiger partial charge in [0.1, 0.15) is 5.75 Å². The zero-order valence-corrected chi connectivity index (χ0v) is 11.8. The van der Waals surface area contributed by atoms with E-state index in [1.54, 1.807) is 0 Å². The van der Waals surface area contributed by atoms with Gasteiger partial charge in [-0.1, -0.05) is 74.9 Å². The van der Waals surface area contributed by atoms with Crippen molar-refractivity contribution >= 4 is 37.8 Å². The van der Waals surface area contributed by atoms with E-state index in [1.165, 1.54) is 0 Å². The SMILES string of the molecule is Cl[Si](Br)(Oc1ccccc1)c1ccccc1. The maximum atomic E-state index is 6.43. The lowest BCUT2D eigenvalue weighted by molar-refractivity contribution is 0.593. The Labute approximate surface area is 108 Å². The molecule has 0 heterocycles. The standard InChI is InChI=1S/C12H10BrClOSi/c13-16(14,12-9-5-2-6-10-12)15-11-7-3-1-4-8-11/h1-10H. The van der Waals surface area contributed by atoms with Crippen molar-refractivity contribution in [1.29, 1.82) is 0 Å². The van der Waals surface area contributed by atoms with Crippen LogP contribution in [-0.2, 0) is 0 Å². The Morgan fingerprint density at radius 1 is 0.875 bits per heavy atom. The number of halogens is 2. The fourth-order valence-corrected chi connectivity index (χ4v) is 4.46. The Morgan fingerprint density at radius 3 is 1.94 bits per heavy atom. The molecule has 2 rings (SSSR count). The molecule has 4 heteroatoms. The van der Waals surface area contributed by atoms with E-state index in [-0.39, 0.29) is 0 Å². The molecular formula is C12H10BrClOSi. The fraction of sp³-hybridized carbons (Fsp3) is 0. The summed E-state index contributed by atoms with van der Waals surface area (Å²) in [5.74, 6) is 0.782. The Morgan fingerprint density at radius 2 is 1.38 bits per heavy atom. The predicted molar refractivity (Wildman–Crippen MR) is 73.7 cm³/mol. The number of benzene rings is 2. The van der Waals surface area contributed by atoms with Crippen LogP contribution in [0.5, 0.6) is 5.75 Å². The van der Waals surface area contributed by atoms with Crippen LogP contribution in [0.4, 0.5) is 0 Å². The van der Waals surface area contributed by atoms with Gasteiger partial charge in [0.25, 0.3) is 0 Å². The van der Waals surface area contributed by atoms with Crippen molar-refractivity contribution in [1.82, 2.24) is 0 Å². The molecule has 0 aliphatic carbocycles. The van der Waals surface area contributed by atoms with Crippen molar-refractivity contribution in [3.05, 3.63) is 60.7 Å². The molecule has 2 aromatic rings. The molecule has 16 heavy (non-hydrogen) atoms. The van der Waals surface area contributed by atoms with Crippen LogP contribution in [0.25, 0.3) is 0 Å². The topological polar surface area (TPSA) is 9.23 Å². The molecule has 0 saturated carbocycles. The zero-order valence-electron chi connectivity index (χ0n) is 8.44. The van der Waals surface area contributed by atoms with Crippen LogP contribution in [0.15, 0.2) is 60.7 Å². The van der Waals surface area contributed by atoms with Crippen LogP contribution >= 0.6 is 26.4 Å². The van der Waals surface area contributed by atoms with E-state index < -0.39 is 6.25 Å². The van der Waals surface area contributed by atoms with Gasteiger partial charge in [0.2, 0.25) is 0 Å². The van der Waals surface area contributed by atoms with E-state index in [0.717, 1.165) is 10.9 Å². The lowest BCUT2D eigenvalue weighted by Crippen LogP contribution is -2.42. The van der Waals surface area contributed by atoms with Crippen molar-refractivity contribution in [2.24, 2.45) is 0 Å². The quantitative estimate of drug-likeness (QED) is 0.622. The largest absolute Gasteiger partial charge is 0.518 e. The van der Waals surface area contributed by atoms with Gasteiger partial charge in [-0.3, -0.25) is 0 Å². The van der Waals surface area contributed by atoms with Crippen LogP contribution in [-0.4, -0.2) is 6.25 Å². The van der Waals surface area contributed by atoms with Gasteiger partial charge in [-0.25, -0.2) is 0 Å². The first-order valence-corrected chi connectivity index (χ1v) is 10.0. The molecule has 0 spiro atoms. The van der Waals surface area contributed by atoms with Gasteiger partial charge >= 0.3 is 6.25 Å². The highest BCUT2D eigenvalue weighted by Gasteiger charge is 2.34. The molecule has 0 amide bonds. The second kappa shape index (κ2) is 5.04. The molecule has 0 N–H and O–H groups in total. The third-order valence-electron chi connectivity index (χ3n) is 2.10. The summed E-state index contributed by atoms with van der Waals surface area (Å²) in [6, 6.07) is 19.4. The third-order valence-corrected chi connectivity index (χ3v) is 6.34. The molecule has 0 fully saturated rings. The van der Waals surface area contributed by atoms with E-state index in [4.69, 9.17) is 15.5 Å². The van der Waals surface area contributed by atoms with Crippen molar-refractivity contribution in [3.8, 4) is 5.75 Å². The highest BCUT2D eigenvalue weighted by atomic mass is 79.9. The summed E-state index contributed by atoms with van der Waals surface area (Å²) in [5, 5.41) is 1.00. The summed E-state index contributed by atoms with van der Waals surface area (Å²) in [5.41, 5.74) is 0. The number of hydrogen-bond donors (Lipinski definition) is 0. The van der Waals surface area contributed by atoms with Crippen molar-refractivity contribution in [2.45, 2.75) is 0 Å². The summed E-state index contributed by atoms with van der Waals surface area (Å²) in [6.07, 6.45) is -2.54. The van der Waals surface area contributed by atoms with Gasteiger partial charge in [-0.15, -0.1) is 0 Å². The zero-order chi connectivity index (χ0) is 11.4. The molecule has 1 nitrogen and oxygen atoms in total. The van der Waals surface area contributed by atoms with E-state index >= 15 is 0 Å². The van der Waals surface area contributed by atoms with E-state index in [1.807, 2.05) is 60.7 Å². The molecule has 0 aromatic heterocycles. The first-order valence-electron chi connectivity index (χ1n) is 4.86. The van der Waals surface area contributed by atoms with Gasteiger partial charge in [-0.05, 0) is 12.1 Å². The molecular weight excluding hydrogens is 304 g/mol. The van der Waals surface area contributed by atoms with Gasteiger partial charge in [0, 0.05) is 5.19 Å². The highest BCUT2D eigenvalue weighted by Crippen LogP contribution is 2.23. The lowest BCUT2D eigenvalue weighted by Gasteiger charge is -2.19. The third kappa shape index (κ3) is 2.87. The van der Waals surface area contributed by atoms with Gasteiger partial charge < -0.3 is 4.43 Å². The second-order valence-corrected chi connectivity index (χ2v) is 11.4. The van der Waals surface area contributed by atoms with Crippen LogP contribution in [0, 0.1) is 0 Å². The Kier molecular flexibility index (Phi) is 3.69. The molecule has 0 saturated heterocycles. The molecule has 2 aromatic carbocycles. The lowest BCUT2D eigenvalue weighted by atomic mass is 10.3. The molecule has 1 atom stereocenters. The van der Waals surface area contributed by atoms with Gasteiger partial charge in [0.15, 0.2) is 0 Å². The van der Waals surface area contributed by atoms with Crippen LogP contribution in [0.3, 0.4) is 0 Å². The van der Waals surface area contributed by atoms with E-state index in [9.17, 15) is 0 Å². The minimum atomic E-state index is -2.54. The summed E-state index contributed by atoms with van der Waals surface area (Å²) >= 11 is 9.94. The predicted octanol–water partition coefficient (Wildman–Crippen LogP) is 3.55. The molecule has 0 aliphatic heterocycles. The summed E-state index contributed by atoms with van der Waals surface area (Å²) in [7, 11) is 0. The summed E-state index contributed by atoms with van der Waals surface area (Å²) in [4.78, 5) is 0. The Bertz CT molecular complexity index is 447. The number of para-hydroxylation sites is 1. The van der Waals surface area contributed by atoms with Crippen molar-refractivity contribution < 1.29 is 4.43 Å². The van der Waals surface area contributed by atoms with Crippen LogP contribution in [0.2, 0.25) is 0 Å². The summed E-state index contributed by atoms with van der Waals surface area (Å²) in [6.45, 7) is 0. The Hall–Kier alpha value is -0.773. The smallest absolute Gasteiger partial charge is 0.455 e. The maximum Gasteiger partial charge on any atom is 0.455 e. The maximum absolute atomic E-state index is 6.43. The summed E-state index contributed by atoms with van der Waals surface area (Å²) < 4.78 is 5.81. The highest BCUT2D eigenvalue weighted by molar-refractivity contribution is 9.27. The minimum Gasteiger partial charge on any atom is -0.518 e. The molecule has 0 radical (unpaired) electrons. The molecule has 82 valence electrons. The van der Waals surface area contributed by atoms with E-state index in [0.29, 0.717) is 0 Å². The average molecular weight is 314 g/mol. The molecule has 0 bridgehead atoms. The van der Waals surface area contributed by atoms with Crippen molar-refractivity contribution in [3.63, 3.8) is 0 Å². The second-order valence-electron chi connectivity index (χ2n) is 3.30. The number of hydrogen-bond acceptors (Lipinski definition) is 1. The first kappa shape index (κ1) is 11.7. The van der Waals surface area contributed by atoms with E-state index in [2.05, 4.69) is 15.3 Å². The first-order chi connectivity index (χ1) is 7.68. The molecule has 1 unspecified atom stereocenters. The molecule has 0 aliphatic rings. The normalized spacial score (nSPS) is 14.1. The van der Waals surface area contributed by atoms with Crippen molar-refractivity contribution in [2.75, 3.05) is 0 Å². The van der Waals surface area contributed by atoms with Gasteiger partial charge in [-0.2, -0.15) is 0 Å². The number of rotatable bonds is 3. The average Bonchev–Trinajstić information content (AvgIpc) is 2.31. The van der Waals surface area contributed by atoms with Gasteiger partial charge in [0.05, 0.1) is 0 Å².